The minimum absolute atomic E-state index is 0.0511. The fraction of sp³-hybridized carbons (Fsp3) is 0.471. The van der Waals surface area contributed by atoms with Crippen molar-refractivity contribution in [1.82, 2.24) is 10.2 Å². The van der Waals surface area contributed by atoms with E-state index in [4.69, 9.17) is 4.74 Å². The van der Waals surface area contributed by atoms with Gasteiger partial charge in [0, 0.05) is 6.54 Å². The summed E-state index contributed by atoms with van der Waals surface area (Å²) in [7, 11) is 2.03. The number of hydrogen-bond acceptors (Lipinski definition) is 3. The van der Waals surface area contributed by atoms with E-state index in [0.717, 1.165) is 25.9 Å². The molecule has 2 rings (SSSR count). The number of rotatable bonds is 4. The highest BCUT2D eigenvalue weighted by Gasteiger charge is 2.23. The molecule has 1 aliphatic heterocycles. The van der Waals surface area contributed by atoms with Crippen molar-refractivity contribution in [3.05, 3.63) is 30.1 Å². The van der Waals surface area contributed by atoms with E-state index in [1.54, 1.807) is 18.2 Å². The summed E-state index contributed by atoms with van der Waals surface area (Å²) in [5, 5.41) is 2.81. The van der Waals surface area contributed by atoms with Gasteiger partial charge in [-0.1, -0.05) is 24.0 Å². The molecule has 1 saturated heterocycles. The van der Waals surface area contributed by atoms with Gasteiger partial charge in [0.05, 0.1) is 12.5 Å². The second kappa shape index (κ2) is 8.40. The van der Waals surface area contributed by atoms with Crippen LogP contribution in [0.25, 0.3) is 0 Å². The van der Waals surface area contributed by atoms with Crippen LogP contribution in [-0.4, -0.2) is 44.1 Å². The lowest BCUT2D eigenvalue weighted by Crippen LogP contribution is -2.41. The van der Waals surface area contributed by atoms with E-state index in [0.29, 0.717) is 6.54 Å². The quantitative estimate of drug-likeness (QED) is 0.860. The average molecular weight is 304 g/mol. The average Bonchev–Trinajstić information content (AvgIpc) is 2.52. The number of halogens is 1. The Morgan fingerprint density at radius 1 is 1.45 bits per heavy atom. The number of hydrogen-bond donors (Lipinski definition) is 1. The van der Waals surface area contributed by atoms with E-state index >= 15 is 0 Å². The fourth-order valence-electron chi connectivity index (χ4n) is 2.45. The molecule has 0 saturated carbocycles. The topological polar surface area (TPSA) is 41.6 Å². The van der Waals surface area contributed by atoms with Gasteiger partial charge in [0.2, 0.25) is 5.91 Å². The van der Waals surface area contributed by atoms with Gasteiger partial charge < -0.3 is 15.0 Å². The molecule has 0 aliphatic carbocycles. The number of ether oxygens (including phenoxy) is 1. The van der Waals surface area contributed by atoms with Gasteiger partial charge in [-0.15, -0.1) is 0 Å². The van der Waals surface area contributed by atoms with Gasteiger partial charge in [-0.2, -0.15) is 0 Å². The molecule has 1 N–H and O–H groups in total. The first-order chi connectivity index (χ1) is 10.7. The fourth-order valence-corrected chi connectivity index (χ4v) is 2.45. The molecule has 1 unspecified atom stereocenters. The molecule has 1 heterocycles. The summed E-state index contributed by atoms with van der Waals surface area (Å²) in [6.07, 6.45) is 1.98. The number of piperidine rings is 1. The molecule has 1 aromatic carbocycles. The van der Waals surface area contributed by atoms with Crippen LogP contribution in [-0.2, 0) is 4.79 Å². The number of nitrogens with zero attached hydrogens (tertiary/aromatic N) is 1. The van der Waals surface area contributed by atoms with Gasteiger partial charge in [-0.25, -0.2) is 4.39 Å². The Labute approximate surface area is 130 Å². The van der Waals surface area contributed by atoms with E-state index in [1.165, 1.54) is 6.07 Å². The maximum Gasteiger partial charge on any atom is 0.225 e. The third-order valence-electron chi connectivity index (χ3n) is 3.61. The first-order valence-electron chi connectivity index (χ1n) is 7.46. The van der Waals surface area contributed by atoms with Crippen molar-refractivity contribution in [3.8, 4) is 17.6 Å². The van der Waals surface area contributed by atoms with Crippen molar-refractivity contribution < 1.29 is 13.9 Å². The number of nitrogens with one attached hydrogen (secondary N) is 1. The molecule has 118 valence electrons. The molecular weight excluding hydrogens is 283 g/mol. The SMILES string of the molecule is CN1CCCC(C(=O)NCC#CCOc2ccccc2F)C1. The highest BCUT2D eigenvalue weighted by Crippen LogP contribution is 2.15. The van der Waals surface area contributed by atoms with Crippen LogP contribution in [0.4, 0.5) is 4.39 Å². The lowest BCUT2D eigenvalue weighted by atomic mass is 9.98. The van der Waals surface area contributed by atoms with E-state index in [-0.39, 0.29) is 24.2 Å². The zero-order valence-corrected chi connectivity index (χ0v) is 12.8. The van der Waals surface area contributed by atoms with Crippen LogP contribution in [0.15, 0.2) is 24.3 Å². The van der Waals surface area contributed by atoms with Crippen LogP contribution < -0.4 is 10.1 Å². The zero-order valence-electron chi connectivity index (χ0n) is 12.8. The largest absolute Gasteiger partial charge is 0.478 e. The number of benzene rings is 1. The van der Waals surface area contributed by atoms with Gasteiger partial charge in [0.25, 0.3) is 0 Å². The highest BCUT2D eigenvalue weighted by molar-refractivity contribution is 5.79. The standard InChI is InChI=1S/C17H21FN2O2/c1-20-11-6-7-14(13-20)17(21)19-10-4-5-12-22-16-9-3-2-8-15(16)18/h2-3,8-9,14H,6-7,10-13H2,1H3,(H,19,21). The molecule has 0 bridgehead atoms. The Kier molecular flexibility index (Phi) is 6.23. The van der Waals surface area contributed by atoms with Crippen molar-refractivity contribution in [2.24, 2.45) is 5.92 Å². The molecule has 1 amide bonds. The molecular formula is C17H21FN2O2. The van der Waals surface area contributed by atoms with Crippen LogP contribution in [0.3, 0.4) is 0 Å². The number of carbonyl (C=O) groups excluding carboxylic acids is 1. The first-order valence-corrected chi connectivity index (χ1v) is 7.46. The minimum Gasteiger partial charge on any atom is -0.478 e. The molecule has 1 fully saturated rings. The van der Waals surface area contributed by atoms with Gasteiger partial charge in [-0.3, -0.25) is 4.79 Å². The zero-order chi connectivity index (χ0) is 15.8. The number of likely N-dealkylation sites (tertiary alicyclic amines) is 1. The van der Waals surface area contributed by atoms with E-state index in [2.05, 4.69) is 22.1 Å². The Morgan fingerprint density at radius 3 is 3.05 bits per heavy atom. The Morgan fingerprint density at radius 2 is 2.27 bits per heavy atom. The summed E-state index contributed by atoms with van der Waals surface area (Å²) in [6.45, 7) is 2.25. The second-order valence-corrected chi connectivity index (χ2v) is 5.39. The lowest BCUT2D eigenvalue weighted by molar-refractivity contribution is -0.126. The number of para-hydroxylation sites is 1. The normalized spacial score (nSPS) is 18.2. The van der Waals surface area contributed by atoms with Crippen molar-refractivity contribution >= 4 is 5.91 Å². The summed E-state index contributed by atoms with van der Waals surface area (Å²) >= 11 is 0. The van der Waals surface area contributed by atoms with Crippen LogP contribution in [0, 0.1) is 23.6 Å². The summed E-state index contributed by atoms with van der Waals surface area (Å²) < 4.78 is 18.5. The molecule has 22 heavy (non-hydrogen) atoms. The monoisotopic (exact) mass is 304 g/mol. The van der Waals surface area contributed by atoms with E-state index in [1.807, 2.05) is 7.05 Å². The van der Waals surface area contributed by atoms with Crippen LogP contribution in [0.1, 0.15) is 12.8 Å². The van der Waals surface area contributed by atoms with Crippen molar-refractivity contribution in [1.29, 1.82) is 0 Å². The summed E-state index contributed by atoms with van der Waals surface area (Å²) in [5.41, 5.74) is 0. The number of carbonyl (C=O) groups is 1. The van der Waals surface area contributed by atoms with Gasteiger partial charge in [0.1, 0.15) is 6.61 Å². The maximum atomic E-state index is 13.3. The van der Waals surface area contributed by atoms with Crippen LogP contribution in [0.5, 0.6) is 5.75 Å². The molecule has 0 aromatic heterocycles. The Balaban J connectivity index is 1.66. The molecule has 4 nitrogen and oxygen atoms in total. The summed E-state index contributed by atoms with van der Waals surface area (Å²) in [6, 6.07) is 6.20. The summed E-state index contributed by atoms with van der Waals surface area (Å²) in [4.78, 5) is 14.1. The van der Waals surface area contributed by atoms with E-state index < -0.39 is 5.82 Å². The van der Waals surface area contributed by atoms with Gasteiger partial charge >= 0.3 is 0 Å². The smallest absolute Gasteiger partial charge is 0.225 e. The molecule has 1 aliphatic rings. The molecule has 0 radical (unpaired) electrons. The third-order valence-corrected chi connectivity index (χ3v) is 3.61. The molecule has 5 heteroatoms. The highest BCUT2D eigenvalue weighted by atomic mass is 19.1. The maximum absolute atomic E-state index is 13.3. The Hall–Kier alpha value is -2.06. The predicted molar refractivity (Wildman–Crippen MR) is 82.9 cm³/mol. The summed E-state index contributed by atoms with van der Waals surface area (Å²) in [5.74, 6) is 5.46. The van der Waals surface area contributed by atoms with Crippen molar-refractivity contribution in [2.45, 2.75) is 12.8 Å². The van der Waals surface area contributed by atoms with Crippen LogP contribution in [0.2, 0.25) is 0 Å². The van der Waals surface area contributed by atoms with Crippen molar-refractivity contribution in [3.63, 3.8) is 0 Å². The Bertz CT molecular complexity index is 565. The van der Waals surface area contributed by atoms with Gasteiger partial charge in [0.15, 0.2) is 11.6 Å². The molecule has 1 atom stereocenters. The van der Waals surface area contributed by atoms with Crippen molar-refractivity contribution in [2.75, 3.05) is 33.3 Å². The third kappa shape index (κ3) is 5.05. The molecule has 0 spiro atoms. The lowest BCUT2D eigenvalue weighted by Gasteiger charge is -2.28. The minimum atomic E-state index is -0.404. The predicted octanol–water partition coefficient (Wildman–Crippen LogP) is 1.67. The van der Waals surface area contributed by atoms with E-state index in [9.17, 15) is 9.18 Å². The van der Waals surface area contributed by atoms with Crippen LogP contribution >= 0.6 is 0 Å². The first kappa shape index (κ1) is 16.3. The van der Waals surface area contributed by atoms with Gasteiger partial charge in [-0.05, 0) is 38.6 Å². The molecule has 1 aromatic rings. The second-order valence-electron chi connectivity index (χ2n) is 5.39. The number of amides is 1.